The highest BCUT2D eigenvalue weighted by Crippen LogP contribution is 2.26. The molecule has 0 aliphatic carbocycles. The van der Waals surface area contributed by atoms with Gasteiger partial charge in [0.25, 0.3) is 0 Å². The smallest absolute Gasteiger partial charge is 0.397 e. The average molecular weight is 895 g/mol. The monoisotopic (exact) mass is 895 g/mol. The van der Waals surface area contributed by atoms with Crippen molar-refractivity contribution in [3.05, 3.63) is 85.1 Å². The summed E-state index contributed by atoms with van der Waals surface area (Å²) in [5, 5.41) is 30.6. The molecular formula is C49H82O12S. The second kappa shape index (κ2) is 39.8. The van der Waals surface area contributed by atoms with Crippen molar-refractivity contribution in [3.8, 4) is 0 Å². The van der Waals surface area contributed by atoms with Gasteiger partial charge < -0.3 is 34.3 Å². The maximum absolute atomic E-state index is 12.8. The fourth-order valence-electron chi connectivity index (χ4n) is 6.53. The maximum Gasteiger partial charge on any atom is 0.397 e. The Balaban J connectivity index is 2.40. The first-order valence-corrected chi connectivity index (χ1v) is 24.7. The van der Waals surface area contributed by atoms with Gasteiger partial charge in [-0.25, -0.2) is 4.18 Å². The summed E-state index contributed by atoms with van der Waals surface area (Å²) in [4.78, 5) is 12.8. The molecule has 0 spiro atoms. The molecule has 6 atom stereocenters. The Morgan fingerprint density at radius 3 is 1.61 bits per heavy atom. The number of unbranched alkanes of at least 4 members (excludes halogenated alkanes) is 12. The van der Waals surface area contributed by atoms with Crippen LogP contribution in [0.3, 0.4) is 0 Å². The van der Waals surface area contributed by atoms with Gasteiger partial charge >= 0.3 is 16.4 Å². The minimum Gasteiger partial charge on any atom is -0.457 e. The van der Waals surface area contributed by atoms with Gasteiger partial charge in [-0.1, -0.05) is 163 Å². The summed E-state index contributed by atoms with van der Waals surface area (Å²) >= 11 is 0. The van der Waals surface area contributed by atoms with E-state index >= 15 is 0 Å². The van der Waals surface area contributed by atoms with Crippen LogP contribution >= 0.6 is 0 Å². The first-order chi connectivity index (χ1) is 30.1. The van der Waals surface area contributed by atoms with Crippen LogP contribution in [0.4, 0.5) is 0 Å². The molecule has 0 saturated carbocycles. The van der Waals surface area contributed by atoms with E-state index in [1.165, 1.54) is 44.9 Å². The lowest BCUT2D eigenvalue weighted by Gasteiger charge is -2.41. The van der Waals surface area contributed by atoms with Crippen LogP contribution in [-0.4, -0.2) is 97.5 Å². The number of hydrogen-bond acceptors (Lipinski definition) is 11. The summed E-state index contributed by atoms with van der Waals surface area (Å²) in [5.74, 6) is -0.435. The van der Waals surface area contributed by atoms with E-state index in [2.05, 4.69) is 103 Å². The van der Waals surface area contributed by atoms with Gasteiger partial charge in [-0.05, 0) is 70.6 Å². The molecule has 12 nitrogen and oxygen atoms in total. The van der Waals surface area contributed by atoms with Gasteiger partial charge in [-0.3, -0.25) is 9.35 Å². The fourth-order valence-corrected chi connectivity index (χ4v) is 7.04. The molecule has 1 aliphatic heterocycles. The van der Waals surface area contributed by atoms with Crippen molar-refractivity contribution in [1.82, 2.24) is 0 Å². The third-order valence-electron chi connectivity index (χ3n) is 10.0. The largest absolute Gasteiger partial charge is 0.457 e. The van der Waals surface area contributed by atoms with Crippen LogP contribution in [0.15, 0.2) is 85.1 Å². The molecule has 1 saturated heterocycles. The summed E-state index contributed by atoms with van der Waals surface area (Å²) in [5.41, 5.74) is 0. The van der Waals surface area contributed by atoms with Crippen molar-refractivity contribution in [1.29, 1.82) is 0 Å². The number of carbonyl (C=O) groups is 1. The summed E-state index contributed by atoms with van der Waals surface area (Å²) in [6, 6.07) is 0. The van der Waals surface area contributed by atoms with Crippen molar-refractivity contribution >= 4 is 16.4 Å². The highest BCUT2D eigenvalue weighted by molar-refractivity contribution is 7.80. The quantitative estimate of drug-likeness (QED) is 0.0199. The van der Waals surface area contributed by atoms with E-state index in [1.807, 2.05) is 0 Å². The van der Waals surface area contributed by atoms with Crippen molar-refractivity contribution in [2.45, 2.75) is 192 Å². The predicted octanol–water partition coefficient (Wildman–Crippen LogP) is 10.1. The van der Waals surface area contributed by atoms with Gasteiger partial charge in [-0.15, -0.1) is 0 Å². The molecule has 0 aromatic carbocycles. The Bertz CT molecular complexity index is 1400. The zero-order valence-electron chi connectivity index (χ0n) is 37.9. The van der Waals surface area contributed by atoms with Crippen LogP contribution in [0.25, 0.3) is 0 Å². The Labute approximate surface area is 374 Å². The molecule has 1 heterocycles. The van der Waals surface area contributed by atoms with E-state index in [4.69, 9.17) is 23.5 Å². The molecule has 0 bridgehead atoms. The molecule has 1 aliphatic rings. The highest BCUT2D eigenvalue weighted by Gasteiger charge is 2.48. The van der Waals surface area contributed by atoms with Crippen LogP contribution in [0, 0.1) is 0 Å². The van der Waals surface area contributed by atoms with E-state index in [9.17, 15) is 28.5 Å². The van der Waals surface area contributed by atoms with Crippen LogP contribution in [0.5, 0.6) is 0 Å². The van der Waals surface area contributed by atoms with E-state index in [0.717, 1.165) is 83.5 Å². The van der Waals surface area contributed by atoms with Crippen LogP contribution < -0.4 is 0 Å². The lowest BCUT2D eigenvalue weighted by Crippen LogP contribution is -2.60. The van der Waals surface area contributed by atoms with Crippen molar-refractivity contribution in [2.75, 3.05) is 26.4 Å². The molecule has 0 amide bonds. The van der Waals surface area contributed by atoms with E-state index < -0.39 is 59.8 Å². The number of ether oxygens (including phenoxy) is 4. The number of aliphatic hydroxyl groups is 3. The third kappa shape index (κ3) is 32.9. The van der Waals surface area contributed by atoms with Crippen molar-refractivity contribution in [3.63, 3.8) is 0 Å². The topological polar surface area (TPSA) is 178 Å². The van der Waals surface area contributed by atoms with Crippen LogP contribution in [0.2, 0.25) is 0 Å². The molecule has 1 fully saturated rings. The standard InChI is InChI=1S/C49H82O12S/c1-3-5-7-9-11-13-15-16-17-18-19-20-21-22-23-24-25-26-27-28-29-30-32-34-36-38-45(51)59-43(41-57-39-37-35-33-31-14-12-10-8-6-4-2)42-58-49-47(53)48(61-62(54,55)56)46(52)44(40-50)60-49/h5,7,11,13,16-17,19-20,22-23,25-26,28-29,43-44,46-50,52-53H,3-4,6,8-10,12,14-15,18,21,24,27,30-42H2,1-2H3,(H,54,55,56)/b7-5-,13-11-,17-16-,20-19-,23-22-,26-25-,29-28-. The first kappa shape index (κ1) is 57.3. The van der Waals surface area contributed by atoms with Crippen molar-refractivity contribution < 1.29 is 56.2 Å². The van der Waals surface area contributed by atoms with Gasteiger partial charge in [-0.2, -0.15) is 8.42 Å². The second-order valence-electron chi connectivity index (χ2n) is 15.6. The van der Waals surface area contributed by atoms with Gasteiger partial charge in [0.05, 0.1) is 19.8 Å². The van der Waals surface area contributed by atoms with Crippen LogP contribution in [0.1, 0.15) is 155 Å². The maximum atomic E-state index is 12.8. The minimum absolute atomic E-state index is 0.0184. The number of aliphatic hydroxyl groups excluding tert-OH is 3. The SMILES string of the molecule is CC/C=C\C/C=C\C/C=C\C/C=C\C/C=C\C/C=C\C/C=C\CCCCCC(=O)OC(COCCCCCCCCCCCC)COC1OC(CO)C(O)C(OS(=O)(=O)O)C1O. The number of hydrogen-bond donors (Lipinski definition) is 4. The Hall–Kier alpha value is -2.72. The molecule has 62 heavy (non-hydrogen) atoms. The van der Waals surface area contributed by atoms with Crippen LogP contribution in [-0.2, 0) is 38.3 Å². The number of rotatable bonds is 39. The Kier molecular flexibility index (Phi) is 36.8. The van der Waals surface area contributed by atoms with Gasteiger partial charge in [0, 0.05) is 13.0 Å². The normalized spacial score (nSPS) is 20.8. The van der Waals surface area contributed by atoms with E-state index in [0.29, 0.717) is 13.0 Å². The van der Waals surface area contributed by atoms with E-state index in [-0.39, 0.29) is 19.6 Å². The Morgan fingerprint density at radius 2 is 1.11 bits per heavy atom. The molecule has 356 valence electrons. The van der Waals surface area contributed by atoms with Gasteiger partial charge in [0.2, 0.25) is 0 Å². The molecule has 6 unspecified atom stereocenters. The predicted molar refractivity (Wildman–Crippen MR) is 248 cm³/mol. The minimum atomic E-state index is -5.07. The zero-order valence-corrected chi connectivity index (χ0v) is 38.7. The summed E-state index contributed by atoms with van der Waals surface area (Å²) in [6.45, 7) is 3.80. The summed E-state index contributed by atoms with van der Waals surface area (Å²) in [6.07, 6.45) is 43.4. The number of allylic oxidation sites excluding steroid dienone is 14. The first-order valence-electron chi connectivity index (χ1n) is 23.3. The molecular weight excluding hydrogens is 813 g/mol. The second-order valence-corrected chi connectivity index (χ2v) is 16.7. The molecule has 0 aromatic heterocycles. The van der Waals surface area contributed by atoms with Gasteiger partial charge in [0.1, 0.15) is 30.5 Å². The number of esters is 1. The Morgan fingerprint density at radius 1 is 0.629 bits per heavy atom. The van der Waals surface area contributed by atoms with Gasteiger partial charge in [0.15, 0.2) is 6.29 Å². The highest BCUT2D eigenvalue weighted by atomic mass is 32.3. The average Bonchev–Trinajstić information content (AvgIpc) is 3.24. The fraction of sp³-hybridized carbons (Fsp3) is 0.694. The third-order valence-corrected chi connectivity index (χ3v) is 10.5. The van der Waals surface area contributed by atoms with Crippen molar-refractivity contribution in [2.24, 2.45) is 0 Å². The van der Waals surface area contributed by atoms with E-state index in [1.54, 1.807) is 0 Å². The molecule has 1 rings (SSSR count). The molecule has 0 radical (unpaired) electrons. The number of carbonyl (C=O) groups excluding carboxylic acids is 1. The summed E-state index contributed by atoms with van der Waals surface area (Å²) < 4.78 is 58.9. The molecule has 13 heteroatoms. The summed E-state index contributed by atoms with van der Waals surface area (Å²) in [7, 11) is -5.07. The zero-order chi connectivity index (χ0) is 45.4. The lowest BCUT2D eigenvalue weighted by atomic mass is 9.99. The molecule has 4 N–H and O–H groups in total. The molecule has 0 aromatic rings. The lowest BCUT2D eigenvalue weighted by molar-refractivity contribution is -0.301.